The number of anilines is 1. The van der Waals surface area contributed by atoms with Crippen molar-refractivity contribution in [2.24, 2.45) is 0 Å². The van der Waals surface area contributed by atoms with Gasteiger partial charge in [-0.05, 0) is 59.0 Å². The fourth-order valence-corrected chi connectivity index (χ4v) is 4.69. The first kappa shape index (κ1) is 21.3. The topological polar surface area (TPSA) is 120 Å². The van der Waals surface area contributed by atoms with E-state index in [1.807, 2.05) is 29.1 Å². The van der Waals surface area contributed by atoms with Crippen LogP contribution in [0.4, 0.5) is 5.82 Å². The first-order valence-electron chi connectivity index (χ1n) is 11.7. The number of nitrogen functional groups attached to an aromatic ring is 1. The molecule has 0 saturated carbocycles. The van der Waals surface area contributed by atoms with Gasteiger partial charge in [-0.1, -0.05) is 36.4 Å². The lowest BCUT2D eigenvalue weighted by Gasteiger charge is -2.17. The third-order valence-corrected chi connectivity index (χ3v) is 6.35. The van der Waals surface area contributed by atoms with Crippen molar-refractivity contribution in [2.45, 2.75) is 32.0 Å². The Balaban J connectivity index is 1.38. The number of hydrogen-bond acceptors (Lipinski definition) is 7. The monoisotopic (exact) mass is 466 g/mol. The second-order valence-corrected chi connectivity index (χ2v) is 8.88. The number of pyridine rings is 1. The van der Waals surface area contributed by atoms with Gasteiger partial charge in [0.25, 0.3) is 0 Å². The first-order chi connectivity index (χ1) is 17.2. The predicted molar refractivity (Wildman–Crippen MR) is 133 cm³/mol. The van der Waals surface area contributed by atoms with Gasteiger partial charge in [0.1, 0.15) is 23.7 Å². The quantitative estimate of drug-likeness (QED) is 0.346. The van der Waals surface area contributed by atoms with Gasteiger partial charge in [-0.25, -0.2) is 4.98 Å². The number of nitrogens with zero attached hydrogens (tertiary/aromatic N) is 5. The molecule has 0 fully saturated rings. The minimum Gasteiger partial charge on any atom is -0.489 e. The summed E-state index contributed by atoms with van der Waals surface area (Å²) in [7, 11) is 0. The molecule has 0 saturated heterocycles. The molecule has 3 aromatic heterocycles. The summed E-state index contributed by atoms with van der Waals surface area (Å²) in [6.07, 6.45) is 4.87. The summed E-state index contributed by atoms with van der Waals surface area (Å²) in [5, 5.41) is 19.5. The molecule has 1 unspecified atom stereocenters. The molecule has 6 bridgehead atoms. The van der Waals surface area contributed by atoms with Crippen molar-refractivity contribution in [1.82, 2.24) is 35.5 Å². The summed E-state index contributed by atoms with van der Waals surface area (Å²) >= 11 is 0. The van der Waals surface area contributed by atoms with Crippen LogP contribution in [0.1, 0.15) is 40.2 Å². The van der Waals surface area contributed by atoms with E-state index in [0.29, 0.717) is 24.6 Å². The molecule has 0 amide bonds. The van der Waals surface area contributed by atoms with Crippen LogP contribution in [0, 0.1) is 0 Å². The number of aromatic nitrogens is 6. The maximum atomic E-state index is 6.13. The van der Waals surface area contributed by atoms with Crippen molar-refractivity contribution >= 4 is 17.0 Å². The Labute approximate surface area is 202 Å². The second-order valence-electron chi connectivity index (χ2n) is 8.88. The van der Waals surface area contributed by atoms with Crippen molar-refractivity contribution in [3.8, 4) is 5.75 Å². The highest BCUT2D eigenvalue weighted by Crippen LogP contribution is 2.32. The van der Waals surface area contributed by atoms with Crippen molar-refractivity contribution in [3.63, 3.8) is 0 Å². The van der Waals surface area contributed by atoms with E-state index in [-0.39, 0.29) is 5.92 Å². The molecule has 4 heterocycles. The van der Waals surface area contributed by atoms with Gasteiger partial charge in [-0.2, -0.15) is 15.4 Å². The molecule has 1 aliphatic rings. The Bertz CT molecular complexity index is 1470. The molecule has 176 valence electrons. The molecule has 9 nitrogen and oxygen atoms in total. The summed E-state index contributed by atoms with van der Waals surface area (Å²) in [6, 6.07) is 18.6. The van der Waals surface area contributed by atoms with Crippen LogP contribution in [0.2, 0.25) is 0 Å². The van der Waals surface area contributed by atoms with Gasteiger partial charge < -0.3 is 15.8 Å². The second kappa shape index (κ2) is 9.19. The fourth-order valence-electron chi connectivity index (χ4n) is 4.69. The van der Waals surface area contributed by atoms with Crippen LogP contribution in [0.5, 0.6) is 5.75 Å². The molecule has 0 aliphatic carbocycles. The van der Waals surface area contributed by atoms with Crippen LogP contribution in [-0.2, 0) is 19.7 Å². The molecule has 1 atom stereocenters. The third-order valence-electron chi connectivity index (χ3n) is 6.35. The van der Waals surface area contributed by atoms with Gasteiger partial charge in [-0.15, -0.1) is 5.10 Å². The SMILES string of the molecule is Nc1cc(C2CCNCc3cccc(c3)COc3cccc(c3)Cn3cc2cn3)c2n[nH]nc2n1. The molecule has 9 heteroatoms. The van der Waals surface area contributed by atoms with E-state index in [0.717, 1.165) is 53.0 Å². The predicted octanol–water partition coefficient (Wildman–Crippen LogP) is 3.38. The molecule has 6 rings (SSSR count). The highest BCUT2D eigenvalue weighted by Gasteiger charge is 2.22. The maximum absolute atomic E-state index is 6.13. The Morgan fingerprint density at radius 3 is 2.86 bits per heavy atom. The van der Waals surface area contributed by atoms with E-state index in [2.05, 4.69) is 73.4 Å². The molecule has 0 spiro atoms. The Morgan fingerprint density at radius 1 is 1.00 bits per heavy atom. The zero-order chi connectivity index (χ0) is 23.6. The van der Waals surface area contributed by atoms with Crippen molar-refractivity contribution in [3.05, 3.63) is 94.8 Å². The van der Waals surface area contributed by atoms with Gasteiger partial charge >= 0.3 is 0 Å². The lowest BCUT2D eigenvalue weighted by molar-refractivity contribution is 0.305. The highest BCUT2D eigenvalue weighted by molar-refractivity contribution is 5.77. The average Bonchev–Trinajstić information content (AvgIpc) is 3.52. The summed E-state index contributed by atoms with van der Waals surface area (Å²) in [6.45, 7) is 2.75. The Hall–Kier alpha value is -4.24. The lowest BCUT2D eigenvalue weighted by atomic mass is 9.90. The largest absolute Gasteiger partial charge is 0.489 e. The number of fused-ring (bicyclic) bond motifs is 7. The van der Waals surface area contributed by atoms with Gasteiger partial charge in [0.2, 0.25) is 5.65 Å². The number of aromatic amines is 1. The van der Waals surface area contributed by atoms with Crippen LogP contribution in [0.25, 0.3) is 11.2 Å². The minimum absolute atomic E-state index is 0.0332. The van der Waals surface area contributed by atoms with Crippen LogP contribution in [0.3, 0.4) is 0 Å². The number of H-pyrrole nitrogens is 1. The normalized spacial score (nSPS) is 16.5. The maximum Gasteiger partial charge on any atom is 0.203 e. The van der Waals surface area contributed by atoms with E-state index in [1.165, 1.54) is 5.56 Å². The van der Waals surface area contributed by atoms with Gasteiger partial charge in [0, 0.05) is 18.7 Å². The number of nitrogens with one attached hydrogen (secondary N) is 2. The molecule has 1 aliphatic heterocycles. The van der Waals surface area contributed by atoms with E-state index >= 15 is 0 Å². The molecular weight excluding hydrogens is 440 g/mol. The van der Waals surface area contributed by atoms with E-state index < -0.39 is 0 Å². The summed E-state index contributed by atoms with van der Waals surface area (Å²) in [4.78, 5) is 4.32. The number of rotatable bonds is 1. The molecular formula is C26H26N8O. The molecule has 5 aromatic rings. The van der Waals surface area contributed by atoms with Crippen LogP contribution < -0.4 is 15.8 Å². The van der Waals surface area contributed by atoms with Crippen LogP contribution in [-0.4, -0.2) is 36.7 Å². The van der Waals surface area contributed by atoms with Crippen molar-refractivity contribution in [1.29, 1.82) is 0 Å². The summed E-state index contributed by atoms with van der Waals surface area (Å²) in [5.41, 5.74) is 13.0. The van der Waals surface area contributed by atoms with Crippen molar-refractivity contribution in [2.75, 3.05) is 12.3 Å². The highest BCUT2D eigenvalue weighted by atomic mass is 16.5. The zero-order valence-electron chi connectivity index (χ0n) is 19.2. The number of hydrogen-bond donors (Lipinski definition) is 3. The molecule has 2 aromatic carbocycles. The van der Waals surface area contributed by atoms with Gasteiger partial charge in [0.15, 0.2) is 0 Å². The number of nitrogens with two attached hydrogens (primary N) is 1. The summed E-state index contributed by atoms with van der Waals surface area (Å²) in [5.74, 6) is 1.31. The zero-order valence-corrected chi connectivity index (χ0v) is 19.2. The first-order valence-corrected chi connectivity index (χ1v) is 11.7. The van der Waals surface area contributed by atoms with Gasteiger partial charge in [0.05, 0.1) is 12.7 Å². The average molecular weight is 467 g/mol. The fraction of sp³-hybridized carbons (Fsp3) is 0.231. The third kappa shape index (κ3) is 4.58. The Kier molecular flexibility index (Phi) is 5.59. The number of benzene rings is 2. The van der Waals surface area contributed by atoms with Gasteiger partial charge in [-0.3, -0.25) is 4.68 Å². The van der Waals surface area contributed by atoms with Crippen LogP contribution in [0.15, 0.2) is 67.0 Å². The van der Waals surface area contributed by atoms with Crippen LogP contribution >= 0.6 is 0 Å². The van der Waals surface area contributed by atoms with E-state index in [1.54, 1.807) is 0 Å². The molecule has 35 heavy (non-hydrogen) atoms. The van der Waals surface area contributed by atoms with Crippen molar-refractivity contribution < 1.29 is 4.74 Å². The lowest BCUT2D eigenvalue weighted by Crippen LogP contribution is -2.18. The standard InChI is InChI=1S/C26H26N8O/c27-24-11-23(25-26(30-24)32-33-31-25)22-7-8-28-12-17-3-1-5-19(9-17)16-35-21-6-2-4-18(10-21)14-34-15-20(22)13-29-34/h1-6,9-11,13,15,22,28H,7-8,12,14,16H2,(H3,27,30,31,32,33). The smallest absolute Gasteiger partial charge is 0.203 e. The Morgan fingerprint density at radius 2 is 1.89 bits per heavy atom. The van der Waals surface area contributed by atoms with E-state index in [9.17, 15) is 0 Å². The molecule has 0 radical (unpaired) electrons. The number of ether oxygens (including phenoxy) is 1. The summed E-state index contributed by atoms with van der Waals surface area (Å²) < 4.78 is 8.04. The molecule has 4 N–H and O–H groups in total. The van der Waals surface area contributed by atoms with E-state index in [4.69, 9.17) is 10.5 Å². The minimum atomic E-state index is 0.0332.